The van der Waals surface area contributed by atoms with E-state index in [1.807, 2.05) is 6.92 Å². The summed E-state index contributed by atoms with van der Waals surface area (Å²) < 4.78 is 4.52. The van der Waals surface area contributed by atoms with Crippen molar-refractivity contribution in [2.24, 2.45) is 0 Å². The van der Waals surface area contributed by atoms with Crippen molar-refractivity contribution in [3.8, 4) is 0 Å². The highest BCUT2D eigenvalue weighted by atomic mass is 32.2. The average Bonchev–Trinajstić information content (AvgIpc) is 2.44. The molecule has 1 aromatic heterocycles. The maximum absolute atomic E-state index is 11.6. The largest absolute Gasteiger partial charge is 0.469 e. The molecular formula is C13H19N3O4S. The molecule has 0 saturated carbocycles. The second-order valence-corrected chi connectivity index (χ2v) is 5.25. The molecule has 7 nitrogen and oxygen atoms in total. The summed E-state index contributed by atoms with van der Waals surface area (Å²) >= 11 is 1.12. The number of amides is 1. The number of nitrogens with one attached hydrogen (secondary N) is 2. The van der Waals surface area contributed by atoms with Gasteiger partial charge in [-0.25, -0.2) is 4.98 Å². The zero-order chi connectivity index (χ0) is 15.7. The number of nitrogens with zero attached hydrogens (tertiary/aromatic N) is 1. The standard InChI is InChI=1S/C13H19N3O4S/c1-3-4-5-14-11(18)8-21-13-15-9(6-10(17)16-13)7-12(19)20-2/h6H,3-5,7-8H2,1-2H3,(H,14,18)(H,15,16,17). The van der Waals surface area contributed by atoms with Crippen LogP contribution in [0.4, 0.5) is 0 Å². The minimum Gasteiger partial charge on any atom is -0.469 e. The fourth-order valence-corrected chi connectivity index (χ4v) is 2.18. The van der Waals surface area contributed by atoms with Gasteiger partial charge in [-0.05, 0) is 6.42 Å². The quantitative estimate of drug-likeness (QED) is 0.313. The second-order valence-electron chi connectivity index (χ2n) is 4.29. The van der Waals surface area contributed by atoms with Gasteiger partial charge in [-0.1, -0.05) is 25.1 Å². The van der Waals surface area contributed by atoms with Crippen molar-refractivity contribution >= 4 is 23.6 Å². The molecule has 0 bridgehead atoms. The summed E-state index contributed by atoms with van der Waals surface area (Å²) in [5.41, 5.74) is -0.0442. The Morgan fingerprint density at radius 3 is 2.90 bits per heavy atom. The first-order chi connectivity index (χ1) is 10.0. The number of methoxy groups -OCH3 is 1. The highest BCUT2D eigenvalue weighted by Crippen LogP contribution is 2.11. The Morgan fingerprint density at radius 1 is 1.48 bits per heavy atom. The lowest BCUT2D eigenvalue weighted by Gasteiger charge is -2.05. The number of hydrogen-bond acceptors (Lipinski definition) is 6. The van der Waals surface area contributed by atoms with E-state index < -0.39 is 5.97 Å². The van der Waals surface area contributed by atoms with Crippen molar-refractivity contribution in [2.75, 3.05) is 19.4 Å². The molecule has 0 aliphatic rings. The van der Waals surface area contributed by atoms with E-state index in [1.54, 1.807) is 0 Å². The van der Waals surface area contributed by atoms with Gasteiger partial charge in [0.1, 0.15) is 0 Å². The van der Waals surface area contributed by atoms with Crippen LogP contribution in [0.25, 0.3) is 0 Å². The molecule has 1 rings (SSSR count). The molecule has 1 aromatic rings. The number of esters is 1. The lowest BCUT2D eigenvalue weighted by molar-refractivity contribution is -0.139. The fraction of sp³-hybridized carbons (Fsp3) is 0.538. The summed E-state index contributed by atoms with van der Waals surface area (Å²) in [5.74, 6) is -0.426. The van der Waals surface area contributed by atoms with E-state index in [-0.39, 0.29) is 23.6 Å². The van der Waals surface area contributed by atoms with E-state index in [9.17, 15) is 14.4 Å². The molecule has 0 fully saturated rings. The van der Waals surface area contributed by atoms with E-state index in [2.05, 4.69) is 20.0 Å². The zero-order valence-corrected chi connectivity index (χ0v) is 12.9. The Balaban J connectivity index is 2.56. The third-order valence-corrected chi connectivity index (χ3v) is 3.39. The summed E-state index contributed by atoms with van der Waals surface area (Å²) in [6.07, 6.45) is 1.87. The lowest BCUT2D eigenvalue weighted by atomic mass is 10.3. The highest BCUT2D eigenvalue weighted by Gasteiger charge is 2.09. The Hall–Kier alpha value is -1.83. The van der Waals surface area contributed by atoms with Crippen LogP contribution in [0.1, 0.15) is 25.5 Å². The third-order valence-electron chi connectivity index (χ3n) is 2.52. The van der Waals surface area contributed by atoms with Crippen LogP contribution in [0, 0.1) is 0 Å². The van der Waals surface area contributed by atoms with E-state index in [4.69, 9.17) is 0 Å². The van der Waals surface area contributed by atoms with E-state index in [0.29, 0.717) is 17.4 Å². The van der Waals surface area contributed by atoms with Crippen molar-refractivity contribution in [1.29, 1.82) is 0 Å². The molecule has 1 amide bonds. The van der Waals surface area contributed by atoms with Crippen molar-refractivity contribution in [3.63, 3.8) is 0 Å². The molecule has 0 atom stereocenters. The van der Waals surface area contributed by atoms with Gasteiger partial charge in [0.25, 0.3) is 5.56 Å². The normalized spacial score (nSPS) is 10.2. The van der Waals surface area contributed by atoms with Gasteiger partial charge < -0.3 is 15.0 Å². The van der Waals surface area contributed by atoms with Gasteiger partial charge in [-0.15, -0.1) is 0 Å². The molecule has 116 valence electrons. The van der Waals surface area contributed by atoms with E-state index >= 15 is 0 Å². The lowest BCUT2D eigenvalue weighted by Crippen LogP contribution is -2.26. The first-order valence-electron chi connectivity index (χ1n) is 6.61. The minimum atomic E-state index is -0.471. The molecule has 21 heavy (non-hydrogen) atoms. The van der Waals surface area contributed by atoms with E-state index in [0.717, 1.165) is 24.6 Å². The molecule has 8 heteroatoms. The van der Waals surface area contributed by atoms with Crippen LogP contribution in [0.5, 0.6) is 0 Å². The van der Waals surface area contributed by atoms with Crippen LogP contribution in [0.3, 0.4) is 0 Å². The molecule has 2 N–H and O–H groups in total. The number of H-pyrrole nitrogens is 1. The van der Waals surface area contributed by atoms with Crippen molar-refractivity contribution < 1.29 is 14.3 Å². The number of thioether (sulfide) groups is 1. The molecule has 0 saturated heterocycles. The second kappa shape index (κ2) is 9.17. The SMILES string of the molecule is CCCCNC(=O)CSc1nc(CC(=O)OC)cc(=O)[nH]1. The molecule has 0 spiro atoms. The van der Waals surface area contributed by atoms with Crippen LogP contribution in [0.15, 0.2) is 16.0 Å². The maximum Gasteiger partial charge on any atom is 0.311 e. The number of carbonyl (C=O) groups excluding carboxylic acids is 2. The molecule has 0 aromatic carbocycles. The Labute approximate surface area is 126 Å². The van der Waals surface area contributed by atoms with Crippen LogP contribution in [0.2, 0.25) is 0 Å². The van der Waals surface area contributed by atoms with Crippen molar-refractivity contribution in [3.05, 3.63) is 22.1 Å². The number of hydrogen-bond donors (Lipinski definition) is 2. The number of unbranched alkanes of at least 4 members (excludes halogenated alkanes) is 1. The summed E-state index contributed by atoms with van der Waals surface area (Å²) in [6.45, 7) is 2.69. The molecule has 0 aliphatic heterocycles. The predicted octanol–water partition coefficient (Wildman–Crippen LogP) is 0.494. The number of aromatic nitrogens is 2. The van der Waals surface area contributed by atoms with Gasteiger partial charge in [0.05, 0.1) is 25.0 Å². The third kappa shape index (κ3) is 6.94. The summed E-state index contributed by atoms with van der Waals surface area (Å²) in [5, 5.41) is 3.08. The van der Waals surface area contributed by atoms with Crippen LogP contribution in [-0.4, -0.2) is 41.3 Å². The van der Waals surface area contributed by atoms with Gasteiger partial charge in [-0.2, -0.15) is 0 Å². The Morgan fingerprint density at radius 2 is 2.24 bits per heavy atom. The summed E-state index contributed by atoms with van der Waals surface area (Å²) in [7, 11) is 1.27. The fourth-order valence-electron chi connectivity index (χ4n) is 1.45. The zero-order valence-electron chi connectivity index (χ0n) is 12.1. The summed E-state index contributed by atoms with van der Waals surface area (Å²) in [4.78, 5) is 40.8. The monoisotopic (exact) mass is 313 g/mol. The number of rotatable bonds is 8. The first kappa shape index (κ1) is 17.2. The van der Waals surface area contributed by atoms with E-state index in [1.165, 1.54) is 13.2 Å². The van der Waals surface area contributed by atoms with Gasteiger partial charge in [0, 0.05) is 12.6 Å². The molecular weight excluding hydrogens is 294 g/mol. The van der Waals surface area contributed by atoms with Crippen LogP contribution in [-0.2, 0) is 20.7 Å². The van der Waals surface area contributed by atoms with Crippen LogP contribution < -0.4 is 10.9 Å². The van der Waals surface area contributed by atoms with Gasteiger partial charge >= 0.3 is 5.97 Å². The number of ether oxygens (including phenoxy) is 1. The van der Waals surface area contributed by atoms with Gasteiger partial charge in [-0.3, -0.25) is 14.4 Å². The minimum absolute atomic E-state index is 0.0727. The summed E-state index contributed by atoms with van der Waals surface area (Å²) in [6, 6.07) is 1.24. The molecule has 1 heterocycles. The van der Waals surface area contributed by atoms with Crippen molar-refractivity contribution in [2.45, 2.75) is 31.3 Å². The molecule has 0 aliphatic carbocycles. The van der Waals surface area contributed by atoms with Crippen LogP contribution >= 0.6 is 11.8 Å². The molecule has 0 radical (unpaired) electrons. The van der Waals surface area contributed by atoms with Gasteiger partial charge in [0.2, 0.25) is 5.91 Å². The highest BCUT2D eigenvalue weighted by molar-refractivity contribution is 7.99. The molecule has 0 unspecified atom stereocenters. The first-order valence-corrected chi connectivity index (χ1v) is 7.60. The maximum atomic E-state index is 11.6. The smallest absolute Gasteiger partial charge is 0.311 e. The number of aromatic amines is 1. The average molecular weight is 313 g/mol. The van der Waals surface area contributed by atoms with Gasteiger partial charge in [0.15, 0.2) is 5.16 Å². The Kier molecular flexibility index (Phi) is 7.52. The van der Waals surface area contributed by atoms with Crippen molar-refractivity contribution in [1.82, 2.24) is 15.3 Å². The predicted molar refractivity (Wildman–Crippen MR) is 79.2 cm³/mol. The Bertz CT molecular complexity index is 544. The number of carbonyl (C=O) groups is 2. The topological polar surface area (TPSA) is 101 Å².